The number of furan rings is 1. The summed E-state index contributed by atoms with van der Waals surface area (Å²) in [6.45, 7) is 0.696. The molecule has 0 bridgehead atoms. The van der Waals surface area contributed by atoms with Gasteiger partial charge in [-0.25, -0.2) is 0 Å². The molecule has 22 heavy (non-hydrogen) atoms. The van der Waals surface area contributed by atoms with Crippen LogP contribution in [0.1, 0.15) is 28.6 Å². The Labute approximate surface area is 126 Å². The van der Waals surface area contributed by atoms with Crippen LogP contribution in [0.15, 0.2) is 22.8 Å². The first-order valence-electron chi connectivity index (χ1n) is 6.99. The van der Waals surface area contributed by atoms with Crippen molar-refractivity contribution in [3.05, 3.63) is 35.8 Å². The summed E-state index contributed by atoms with van der Waals surface area (Å²) in [5.41, 5.74) is 0. The number of hydrogen-bond acceptors (Lipinski definition) is 6. The van der Waals surface area contributed by atoms with E-state index in [2.05, 4.69) is 15.5 Å². The van der Waals surface area contributed by atoms with Gasteiger partial charge in [0.1, 0.15) is 5.82 Å². The third kappa shape index (κ3) is 2.72. The third-order valence-electron chi connectivity index (χ3n) is 3.71. The maximum atomic E-state index is 11.9. The molecule has 3 heterocycles. The van der Waals surface area contributed by atoms with Crippen LogP contribution >= 0.6 is 0 Å². The molecule has 0 saturated heterocycles. The van der Waals surface area contributed by atoms with E-state index in [1.165, 1.54) is 13.4 Å². The Morgan fingerprint density at radius 1 is 1.50 bits per heavy atom. The minimum atomic E-state index is -0.317. The van der Waals surface area contributed by atoms with Crippen molar-refractivity contribution in [3.63, 3.8) is 0 Å². The van der Waals surface area contributed by atoms with Gasteiger partial charge >= 0.3 is 5.97 Å². The van der Waals surface area contributed by atoms with E-state index in [0.717, 1.165) is 5.82 Å². The summed E-state index contributed by atoms with van der Waals surface area (Å²) in [5, 5.41) is 10.9. The quantitative estimate of drug-likeness (QED) is 0.827. The monoisotopic (exact) mass is 304 g/mol. The van der Waals surface area contributed by atoms with Crippen molar-refractivity contribution in [2.45, 2.75) is 25.9 Å². The fraction of sp³-hybridized carbons (Fsp3) is 0.429. The van der Waals surface area contributed by atoms with Crippen LogP contribution in [0.25, 0.3) is 0 Å². The molecule has 1 unspecified atom stereocenters. The third-order valence-corrected chi connectivity index (χ3v) is 3.71. The molecule has 0 saturated carbocycles. The number of hydrogen-bond donors (Lipinski definition) is 1. The summed E-state index contributed by atoms with van der Waals surface area (Å²) in [7, 11) is 1.38. The van der Waals surface area contributed by atoms with Gasteiger partial charge in [-0.1, -0.05) is 0 Å². The average molecular weight is 304 g/mol. The van der Waals surface area contributed by atoms with Crippen molar-refractivity contribution < 1.29 is 18.7 Å². The van der Waals surface area contributed by atoms with E-state index in [4.69, 9.17) is 9.15 Å². The highest BCUT2D eigenvalue weighted by atomic mass is 16.5. The molecule has 0 radical (unpaired) electrons. The van der Waals surface area contributed by atoms with Crippen molar-refractivity contribution in [1.29, 1.82) is 0 Å². The van der Waals surface area contributed by atoms with Gasteiger partial charge < -0.3 is 19.0 Å². The number of carbonyl (C=O) groups excluding carboxylic acids is 2. The predicted octanol–water partition coefficient (Wildman–Crippen LogP) is 0.536. The molecular formula is C14H16N4O4. The van der Waals surface area contributed by atoms with Crippen LogP contribution in [0.2, 0.25) is 0 Å². The van der Waals surface area contributed by atoms with E-state index in [-0.39, 0.29) is 30.1 Å². The number of aromatic nitrogens is 3. The largest absolute Gasteiger partial charge is 0.469 e. The molecule has 3 rings (SSSR count). The van der Waals surface area contributed by atoms with Gasteiger partial charge in [0.15, 0.2) is 11.6 Å². The molecule has 2 aromatic rings. The van der Waals surface area contributed by atoms with Gasteiger partial charge in [0.25, 0.3) is 5.91 Å². The highest BCUT2D eigenvalue weighted by Gasteiger charge is 2.28. The molecule has 1 amide bonds. The Balaban J connectivity index is 1.68. The number of methoxy groups -OCH3 is 1. The summed E-state index contributed by atoms with van der Waals surface area (Å²) in [6, 6.07) is 3.23. The van der Waals surface area contributed by atoms with Crippen molar-refractivity contribution >= 4 is 11.9 Å². The Morgan fingerprint density at radius 3 is 3.09 bits per heavy atom. The molecule has 0 fully saturated rings. The van der Waals surface area contributed by atoms with Crippen molar-refractivity contribution in [3.8, 4) is 0 Å². The number of fused-ring (bicyclic) bond motifs is 1. The van der Waals surface area contributed by atoms with Gasteiger partial charge in [0.05, 0.1) is 25.8 Å². The first-order chi connectivity index (χ1) is 10.7. The fourth-order valence-electron chi connectivity index (χ4n) is 2.53. The van der Waals surface area contributed by atoms with Crippen LogP contribution < -0.4 is 5.32 Å². The van der Waals surface area contributed by atoms with Crippen LogP contribution in [0.3, 0.4) is 0 Å². The minimum Gasteiger partial charge on any atom is -0.469 e. The van der Waals surface area contributed by atoms with E-state index in [9.17, 15) is 9.59 Å². The van der Waals surface area contributed by atoms with E-state index in [0.29, 0.717) is 25.2 Å². The first-order valence-corrected chi connectivity index (χ1v) is 6.99. The van der Waals surface area contributed by atoms with Crippen LogP contribution in [0.5, 0.6) is 0 Å². The number of esters is 1. The zero-order valence-electron chi connectivity index (χ0n) is 12.1. The number of rotatable bonds is 4. The molecule has 0 spiro atoms. The number of amides is 1. The normalized spacial score (nSPS) is 16.9. The lowest BCUT2D eigenvalue weighted by Gasteiger charge is -2.22. The van der Waals surface area contributed by atoms with E-state index < -0.39 is 0 Å². The van der Waals surface area contributed by atoms with Crippen LogP contribution in [0, 0.1) is 5.92 Å². The molecule has 1 aliphatic heterocycles. The summed E-state index contributed by atoms with van der Waals surface area (Å²) < 4.78 is 11.7. The van der Waals surface area contributed by atoms with E-state index in [1.807, 2.05) is 4.57 Å². The number of aryl methyl sites for hydroxylation is 1. The fourth-order valence-corrected chi connectivity index (χ4v) is 2.53. The van der Waals surface area contributed by atoms with Gasteiger partial charge in [0.2, 0.25) is 0 Å². The topological polar surface area (TPSA) is 99.2 Å². The molecule has 8 nitrogen and oxygen atoms in total. The maximum absolute atomic E-state index is 11.9. The zero-order valence-corrected chi connectivity index (χ0v) is 12.1. The van der Waals surface area contributed by atoms with Gasteiger partial charge in [-0.15, -0.1) is 10.2 Å². The second-order valence-electron chi connectivity index (χ2n) is 5.06. The van der Waals surface area contributed by atoms with Crippen molar-refractivity contribution in [1.82, 2.24) is 20.1 Å². The summed E-state index contributed by atoms with van der Waals surface area (Å²) in [5.74, 6) is 0.928. The van der Waals surface area contributed by atoms with Crippen molar-refractivity contribution in [2.75, 3.05) is 7.11 Å². The predicted molar refractivity (Wildman–Crippen MR) is 73.7 cm³/mol. The molecule has 1 atom stereocenters. The van der Waals surface area contributed by atoms with Gasteiger partial charge in [-0.2, -0.15) is 0 Å². The Morgan fingerprint density at radius 2 is 2.36 bits per heavy atom. The minimum absolute atomic E-state index is 0.201. The Kier molecular flexibility index (Phi) is 3.90. The summed E-state index contributed by atoms with van der Waals surface area (Å²) in [4.78, 5) is 23.5. The lowest BCUT2D eigenvalue weighted by Crippen LogP contribution is -2.30. The summed E-state index contributed by atoms with van der Waals surface area (Å²) >= 11 is 0. The van der Waals surface area contributed by atoms with Crippen LogP contribution in [-0.2, 0) is 29.0 Å². The van der Waals surface area contributed by atoms with Crippen molar-refractivity contribution in [2.24, 2.45) is 5.92 Å². The number of ether oxygens (including phenoxy) is 1. The lowest BCUT2D eigenvalue weighted by molar-refractivity contribution is -0.146. The van der Waals surface area contributed by atoms with Gasteiger partial charge in [0, 0.05) is 13.0 Å². The van der Waals surface area contributed by atoms with E-state index >= 15 is 0 Å². The maximum Gasteiger partial charge on any atom is 0.310 e. The zero-order chi connectivity index (χ0) is 15.5. The molecule has 1 aliphatic rings. The Hall–Kier alpha value is -2.64. The highest BCUT2D eigenvalue weighted by Crippen LogP contribution is 2.21. The second kappa shape index (κ2) is 6.00. The summed E-state index contributed by atoms with van der Waals surface area (Å²) in [6.07, 6.45) is 2.80. The second-order valence-corrected chi connectivity index (χ2v) is 5.06. The highest BCUT2D eigenvalue weighted by molar-refractivity contribution is 5.91. The number of nitrogens with one attached hydrogen (secondary N) is 1. The van der Waals surface area contributed by atoms with Crippen LogP contribution in [-0.4, -0.2) is 33.8 Å². The molecule has 1 N–H and O–H groups in total. The first kappa shape index (κ1) is 14.3. The number of nitrogens with zero attached hydrogens (tertiary/aromatic N) is 3. The van der Waals surface area contributed by atoms with Gasteiger partial charge in [-0.05, 0) is 18.6 Å². The standard InChI is InChI=1S/C14H16N4O4/c1-21-14(20)9-4-5-11-16-17-12(18(11)8-9)7-15-13(19)10-3-2-6-22-10/h2-3,6,9H,4-5,7-8H2,1H3,(H,15,19). The molecule has 0 aliphatic carbocycles. The Bertz CT molecular complexity index is 677. The molecule has 0 aromatic carbocycles. The molecule has 8 heteroatoms. The smallest absolute Gasteiger partial charge is 0.310 e. The number of carbonyl (C=O) groups is 2. The SMILES string of the molecule is COC(=O)C1CCc2nnc(CNC(=O)c3ccco3)n2C1. The molecule has 116 valence electrons. The van der Waals surface area contributed by atoms with Gasteiger partial charge in [-0.3, -0.25) is 9.59 Å². The lowest BCUT2D eigenvalue weighted by atomic mass is 9.99. The molecule has 2 aromatic heterocycles. The molecular weight excluding hydrogens is 288 g/mol. The van der Waals surface area contributed by atoms with E-state index in [1.54, 1.807) is 12.1 Å². The average Bonchev–Trinajstić information content (AvgIpc) is 3.21. The van der Waals surface area contributed by atoms with Crippen LogP contribution in [0.4, 0.5) is 0 Å².